The van der Waals surface area contributed by atoms with Crippen LogP contribution in [0.3, 0.4) is 0 Å². The Morgan fingerprint density at radius 1 is 0.857 bits per heavy atom. The number of hydrogen-bond acceptors (Lipinski definition) is 0. The summed E-state index contributed by atoms with van der Waals surface area (Å²) >= 11 is 0. The van der Waals surface area contributed by atoms with E-state index in [-0.39, 0.29) is 8.41 Å². The van der Waals surface area contributed by atoms with E-state index in [1.165, 1.54) is 0 Å². The molecule has 7 heavy (non-hydrogen) atoms. The van der Waals surface area contributed by atoms with Gasteiger partial charge in [-0.1, -0.05) is 13.8 Å². The van der Waals surface area contributed by atoms with Crippen LogP contribution in [0.25, 0.3) is 0 Å². The van der Waals surface area contributed by atoms with E-state index >= 15 is 0 Å². The van der Waals surface area contributed by atoms with Crippen LogP contribution in [0.4, 0.5) is 0 Å². The lowest BCUT2D eigenvalue weighted by atomic mass is 10.7. The molecule has 0 aliphatic carbocycles. The highest BCUT2D eigenvalue weighted by Gasteiger charge is 1.26. The van der Waals surface area contributed by atoms with Gasteiger partial charge in [-0.3, -0.25) is 0 Å². The summed E-state index contributed by atoms with van der Waals surface area (Å²) in [5.74, 6) is 5.36. The van der Waals surface area contributed by atoms with Gasteiger partial charge in [-0.15, -0.1) is 11.8 Å². The maximum atomic E-state index is 2.68. The molecule has 0 aliphatic heterocycles. The molecule has 3 radical (unpaired) electrons. The van der Waals surface area contributed by atoms with E-state index in [0.29, 0.717) is 0 Å². The van der Waals surface area contributed by atoms with Crippen molar-refractivity contribution in [3.8, 4) is 11.8 Å². The zero-order chi connectivity index (χ0) is 5.41. The maximum absolute atomic E-state index is 2.68. The fourth-order valence-corrected chi connectivity index (χ4v) is 0. The van der Waals surface area contributed by atoms with E-state index < -0.39 is 0 Å². The lowest BCUT2D eigenvalue weighted by Crippen LogP contribution is -1.28. The Kier molecular flexibility index (Phi) is 104. The van der Waals surface area contributed by atoms with E-state index in [1.54, 1.807) is 0 Å². The molecule has 0 aromatic carbocycles. The minimum Gasteiger partial charge on any atom is -0.107 e. The second-order valence-corrected chi connectivity index (χ2v) is 0.500. The average Bonchev–Trinajstić information content (AvgIpc) is 1.72. The lowest BCUT2D eigenvalue weighted by Gasteiger charge is -1.40. The largest absolute Gasteiger partial charge is 0.107 e. The van der Waals surface area contributed by atoms with E-state index in [9.17, 15) is 0 Å². The molecule has 0 aliphatic rings. The molecule has 0 amide bonds. The minimum absolute atomic E-state index is 0. The van der Waals surface area contributed by atoms with Gasteiger partial charge in [-0.25, -0.2) is 0 Å². The van der Waals surface area contributed by atoms with Crippen LogP contribution in [-0.2, 0) is 0 Å². The quantitative estimate of drug-likeness (QED) is 0.317. The van der Waals surface area contributed by atoms with Crippen molar-refractivity contribution in [1.29, 1.82) is 0 Å². The zero-order valence-corrected chi connectivity index (χ0v) is 5.58. The summed E-state index contributed by atoms with van der Waals surface area (Å²) in [4.78, 5) is 0. The second kappa shape index (κ2) is 45.6. The maximum Gasteiger partial charge on any atom is 0 e. The van der Waals surface area contributed by atoms with Gasteiger partial charge in [-0.05, 0) is 13.8 Å². The predicted molar refractivity (Wildman–Crippen MR) is 36.2 cm³/mol. The Morgan fingerprint density at radius 3 is 1.00 bits per heavy atom. The number of rotatable bonds is 0. The molecule has 1 heteroatoms. The van der Waals surface area contributed by atoms with Gasteiger partial charge in [0.05, 0.1) is 0 Å². The lowest BCUT2D eigenvalue weighted by molar-refractivity contribution is 1.50. The van der Waals surface area contributed by atoms with Crippen LogP contribution in [0.1, 0.15) is 27.7 Å². The van der Waals surface area contributed by atoms with Gasteiger partial charge in [0.25, 0.3) is 0 Å². The van der Waals surface area contributed by atoms with Gasteiger partial charge < -0.3 is 0 Å². The summed E-state index contributed by atoms with van der Waals surface area (Å²) in [5.41, 5.74) is 0. The van der Waals surface area contributed by atoms with Crippen LogP contribution in [0, 0.1) is 11.8 Å². The second-order valence-electron chi connectivity index (χ2n) is 0.500. The first-order valence-corrected chi connectivity index (χ1v) is 2.25. The molecule has 0 fully saturated rings. The summed E-state index contributed by atoms with van der Waals surface area (Å²) in [5, 5.41) is 0. The summed E-state index contributed by atoms with van der Waals surface area (Å²) in [6.07, 6.45) is 0. The molecule has 0 saturated carbocycles. The van der Waals surface area contributed by atoms with Crippen molar-refractivity contribution in [1.82, 2.24) is 0 Å². The first kappa shape index (κ1) is 16.0. The highest BCUT2D eigenvalue weighted by Crippen LogP contribution is 1.39. The normalized spacial score (nSPS) is 2.86. The van der Waals surface area contributed by atoms with Gasteiger partial charge in [0.15, 0.2) is 0 Å². The summed E-state index contributed by atoms with van der Waals surface area (Å²) < 4.78 is 0. The molecule has 0 heterocycles. The molecule has 0 saturated heterocycles. The topological polar surface area (TPSA) is 0 Å². The van der Waals surface area contributed by atoms with Crippen molar-refractivity contribution < 1.29 is 0 Å². The molecule has 0 atom stereocenters. The van der Waals surface area contributed by atoms with Crippen molar-refractivity contribution in [2.24, 2.45) is 0 Å². The Hall–Kier alpha value is -0.375. The molecule has 0 rings (SSSR count). The highest BCUT2D eigenvalue weighted by atomic mass is 13.3. The van der Waals surface area contributed by atoms with Gasteiger partial charge in [0.2, 0.25) is 0 Å². The van der Waals surface area contributed by atoms with Crippen molar-refractivity contribution in [2.75, 3.05) is 0 Å². The Balaban J connectivity index is -0.0000000480. The van der Waals surface area contributed by atoms with Crippen LogP contribution < -0.4 is 0 Å². The van der Waals surface area contributed by atoms with Crippen molar-refractivity contribution in [3.05, 3.63) is 0 Å². The van der Waals surface area contributed by atoms with Gasteiger partial charge in [0.1, 0.15) is 0 Å². The Labute approximate surface area is 48.9 Å². The number of hydrogen-bond donors (Lipinski definition) is 0. The smallest absolute Gasteiger partial charge is 0 e. The van der Waals surface area contributed by atoms with E-state index in [2.05, 4.69) is 11.8 Å². The van der Waals surface area contributed by atoms with Crippen LogP contribution in [0.5, 0.6) is 0 Å². The summed E-state index contributed by atoms with van der Waals surface area (Å²) in [6.45, 7) is 7.64. The molecule has 0 N–H and O–H groups in total. The van der Waals surface area contributed by atoms with Gasteiger partial charge in [-0.2, -0.15) is 0 Å². The van der Waals surface area contributed by atoms with E-state index in [1.807, 2.05) is 27.7 Å². The molecule has 39 valence electrons. The van der Waals surface area contributed by atoms with Crippen molar-refractivity contribution in [2.45, 2.75) is 27.7 Å². The Bertz CT molecular complexity index is 40.9. The standard InChI is InChI=1S/C4H6.C2H6.B/c1-3-4-2;1-2;/h1-2H3;1-2H3;. The van der Waals surface area contributed by atoms with E-state index in [4.69, 9.17) is 0 Å². The molecule has 0 unspecified atom stereocenters. The predicted octanol–water partition coefficient (Wildman–Crippen LogP) is 1.68. The zero-order valence-electron chi connectivity index (χ0n) is 5.58. The third-order valence-corrected chi connectivity index (χ3v) is 0.250. The molecule has 0 aromatic rings. The molecular formula is C6H12B. The monoisotopic (exact) mass is 95.1 g/mol. The SMILES string of the molecule is CC.CC#CC.[B]. The first-order valence-electron chi connectivity index (χ1n) is 2.25. The van der Waals surface area contributed by atoms with Crippen LogP contribution in [0.2, 0.25) is 0 Å². The highest BCUT2D eigenvalue weighted by molar-refractivity contribution is 5.75. The molecule has 0 spiro atoms. The van der Waals surface area contributed by atoms with Crippen molar-refractivity contribution in [3.63, 3.8) is 0 Å². The first-order chi connectivity index (χ1) is 2.91. The van der Waals surface area contributed by atoms with Crippen LogP contribution >= 0.6 is 0 Å². The average molecular weight is 95.0 g/mol. The van der Waals surface area contributed by atoms with Crippen LogP contribution in [-0.4, -0.2) is 8.41 Å². The Morgan fingerprint density at radius 2 is 1.00 bits per heavy atom. The fourth-order valence-electron chi connectivity index (χ4n) is 0. The fraction of sp³-hybridized carbons (Fsp3) is 0.667. The van der Waals surface area contributed by atoms with Gasteiger partial charge in [0, 0.05) is 8.41 Å². The molecule has 0 bridgehead atoms. The van der Waals surface area contributed by atoms with E-state index in [0.717, 1.165) is 0 Å². The molecular weight excluding hydrogens is 82.9 g/mol. The molecule has 0 aromatic heterocycles. The van der Waals surface area contributed by atoms with Gasteiger partial charge >= 0.3 is 0 Å². The van der Waals surface area contributed by atoms with Crippen molar-refractivity contribution >= 4 is 8.41 Å². The minimum atomic E-state index is 0. The van der Waals surface area contributed by atoms with Crippen LogP contribution in [0.15, 0.2) is 0 Å². The third kappa shape index (κ3) is 189. The third-order valence-electron chi connectivity index (χ3n) is 0.250. The molecule has 0 nitrogen and oxygen atoms in total. The summed E-state index contributed by atoms with van der Waals surface area (Å²) in [7, 11) is 0. The summed E-state index contributed by atoms with van der Waals surface area (Å²) in [6, 6.07) is 0.